The van der Waals surface area contributed by atoms with E-state index < -0.39 is 0 Å². The summed E-state index contributed by atoms with van der Waals surface area (Å²) in [5.41, 5.74) is 7.61. The summed E-state index contributed by atoms with van der Waals surface area (Å²) in [6, 6.07) is 14.4. The molecular weight excluding hydrogens is 264 g/mol. The first kappa shape index (κ1) is 13.5. The van der Waals surface area contributed by atoms with Gasteiger partial charge in [0.25, 0.3) is 5.91 Å². The second-order valence-electron chi connectivity index (χ2n) is 5.47. The molecule has 0 saturated heterocycles. The Morgan fingerprint density at radius 1 is 1.19 bits per heavy atom. The van der Waals surface area contributed by atoms with Crippen LogP contribution in [0.25, 0.3) is 0 Å². The van der Waals surface area contributed by atoms with E-state index in [9.17, 15) is 9.90 Å². The fraction of sp³-hybridized carbons (Fsp3) is 0.235. The fourth-order valence-corrected chi connectivity index (χ4v) is 2.52. The lowest BCUT2D eigenvalue weighted by Gasteiger charge is -2.19. The van der Waals surface area contributed by atoms with Crippen LogP contribution >= 0.6 is 0 Å². The minimum absolute atomic E-state index is 0.000416. The molecule has 2 aromatic rings. The Bertz CT molecular complexity index is 651. The third-order valence-electron chi connectivity index (χ3n) is 3.82. The maximum atomic E-state index is 12.4. The zero-order valence-corrected chi connectivity index (χ0v) is 11.6. The van der Waals surface area contributed by atoms with Crippen molar-refractivity contribution >= 4 is 11.6 Å². The summed E-state index contributed by atoms with van der Waals surface area (Å²) in [4.78, 5) is 12.4. The Morgan fingerprint density at radius 2 is 1.90 bits per heavy atom. The number of hydrogen-bond acceptors (Lipinski definition) is 3. The molecule has 21 heavy (non-hydrogen) atoms. The third-order valence-corrected chi connectivity index (χ3v) is 3.82. The molecule has 4 nitrogen and oxygen atoms in total. The molecule has 0 heterocycles. The molecule has 0 spiro atoms. The van der Waals surface area contributed by atoms with Gasteiger partial charge >= 0.3 is 0 Å². The van der Waals surface area contributed by atoms with E-state index in [4.69, 9.17) is 5.73 Å². The Morgan fingerprint density at radius 3 is 2.57 bits per heavy atom. The van der Waals surface area contributed by atoms with Crippen molar-refractivity contribution in [3.63, 3.8) is 0 Å². The summed E-state index contributed by atoms with van der Waals surface area (Å²) in [6.07, 6.45) is 2.24. The van der Waals surface area contributed by atoms with Crippen LogP contribution < -0.4 is 11.1 Å². The van der Waals surface area contributed by atoms with Gasteiger partial charge in [0.1, 0.15) is 5.75 Å². The van der Waals surface area contributed by atoms with Crippen LogP contribution in [0, 0.1) is 5.92 Å². The number of rotatable bonds is 4. The van der Waals surface area contributed by atoms with Gasteiger partial charge < -0.3 is 16.2 Å². The standard InChI is InChI=1S/C17H18N2O2/c18-15-9-8-13(20)10-14(15)17(21)19-16(12-6-7-12)11-4-2-1-3-5-11/h1-5,8-10,12,16,20H,6-7,18H2,(H,19,21). The second kappa shape index (κ2) is 5.48. The molecule has 1 atom stereocenters. The Labute approximate surface area is 123 Å². The Hall–Kier alpha value is -2.49. The lowest BCUT2D eigenvalue weighted by molar-refractivity contribution is 0.0932. The zero-order chi connectivity index (χ0) is 14.8. The highest BCUT2D eigenvalue weighted by Crippen LogP contribution is 2.41. The third kappa shape index (κ3) is 2.99. The molecule has 1 aliphatic rings. The average Bonchev–Trinajstić information content (AvgIpc) is 3.32. The molecule has 1 unspecified atom stereocenters. The van der Waals surface area contributed by atoms with E-state index in [2.05, 4.69) is 5.32 Å². The van der Waals surface area contributed by atoms with Crippen LogP contribution in [-0.4, -0.2) is 11.0 Å². The summed E-state index contributed by atoms with van der Waals surface area (Å²) in [5.74, 6) is 0.274. The highest BCUT2D eigenvalue weighted by Gasteiger charge is 2.33. The van der Waals surface area contributed by atoms with Gasteiger partial charge in [-0.05, 0) is 42.5 Å². The molecule has 1 amide bonds. The topological polar surface area (TPSA) is 75.3 Å². The minimum Gasteiger partial charge on any atom is -0.508 e. The number of anilines is 1. The SMILES string of the molecule is Nc1ccc(O)cc1C(=O)NC(c1ccccc1)C1CC1. The van der Waals surface area contributed by atoms with Crippen molar-refractivity contribution in [3.05, 3.63) is 59.7 Å². The first-order chi connectivity index (χ1) is 10.1. The monoisotopic (exact) mass is 282 g/mol. The van der Waals surface area contributed by atoms with Gasteiger partial charge in [-0.2, -0.15) is 0 Å². The van der Waals surface area contributed by atoms with Crippen LogP contribution in [0.5, 0.6) is 5.75 Å². The van der Waals surface area contributed by atoms with Gasteiger partial charge in [-0.3, -0.25) is 4.79 Å². The molecular formula is C17H18N2O2. The molecule has 3 rings (SSSR count). The van der Waals surface area contributed by atoms with E-state index >= 15 is 0 Å². The van der Waals surface area contributed by atoms with Crippen molar-refractivity contribution in [1.29, 1.82) is 0 Å². The molecule has 1 fully saturated rings. The molecule has 0 aliphatic heterocycles. The van der Waals surface area contributed by atoms with Crippen molar-refractivity contribution in [2.75, 3.05) is 5.73 Å². The van der Waals surface area contributed by atoms with Crippen LogP contribution in [0.2, 0.25) is 0 Å². The average molecular weight is 282 g/mol. The number of nitrogen functional groups attached to an aromatic ring is 1. The van der Waals surface area contributed by atoms with Crippen LogP contribution in [0.4, 0.5) is 5.69 Å². The molecule has 1 aliphatic carbocycles. The molecule has 4 N–H and O–H groups in total. The van der Waals surface area contributed by atoms with Crippen molar-refractivity contribution < 1.29 is 9.90 Å². The maximum Gasteiger partial charge on any atom is 0.254 e. The van der Waals surface area contributed by atoms with E-state index in [-0.39, 0.29) is 17.7 Å². The van der Waals surface area contributed by atoms with Gasteiger partial charge in [-0.25, -0.2) is 0 Å². The van der Waals surface area contributed by atoms with Gasteiger partial charge in [0.15, 0.2) is 0 Å². The predicted molar refractivity (Wildman–Crippen MR) is 81.9 cm³/mol. The molecule has 2 aromatic carbocycles. The van der Waals surface area contributed by atoms with E-state index in [1.807, 2.05) is 30.3 Å². The summed E-state index contributed by atoms with van der Waals surface area (Å²) in [6.45, 7) is 0. The van der Waals surface area contributed by atoms with Crippen LogP contribution in [0.3, 0.4) is 0 Å². The second-order valence-corrected chi connectivity index (χ2v) is 5.47. The van der Waals surface area contributed by atoms with Crippen molar-refractivity contribution in [3.8, 4) is 5.75 Å². The molecule has 0 bridgehead atoms. The Kier molecular flexibility index (Phi) is 3.52. The smallest absolute Gasteiger partial charge is 0.254 e. The van der Waals surface area contributed by atoms with E-state index in [1.165, 1.54) is 12.1 Å². The lowest BCUT2D eigenvalue weighted by atomic mass is 10.0. The van der Waals surface area contributed by atoms with Crippen molar-refractivity contribution in [2.45, 2.75) is 18.9 Å². The number of aromatic hydroxyl groups is 1. The lowest BCUT2D eigenvalue weighted by Crippen LogP contribution is -2.30. The number of phenolic OH excluding ortho intramolecular Hbond substituents is 1. The van der Waals surface area contributed by atoms with Gasteiger partial charge in [0.05, 0.1) is 11.6 Å². The molecule has 0 radical (unpaired) electrons. The van der Waals surface area contributed by atoms with Crippen LogP contribution in [0.1, 0.15) is 34.8 Å². The highest BCUT2D eigenvalue weighted by atomic mass is 16.3. The summed E-state index contributed by atoms with van der Waals surface area (Å²) < 4.78 is 0. The van der Waals surface area contributed by atoms with E-state index in [0.717, 1.165) is 18.4 Å². The number of nitrogens with two attached hydrogens (primary N) is 1. The van der Waals surface area contributed by atoms with Crippen LogP contribution in [-0.2, 0) is 0 Å². The van der Waals surface area contributed by atoms with Gasteiger partial charge in [0, 0.05) is 5.69 Å². The summed E-state index contributed by atoms with van der Waals surface area (Å²) in [7, 11) is 0. The molecule has 1 saturated carbocycles. The van der Waals surface area contributed by atoms with Crippen LogP contribution in [0.15, 0.2) is 48.5 Å². The van der Waals surface area contributed by atoms with Gasteiger partial charge in [-0.1, -0.05) is 30.3 Å². The molecule has 108 valence electrons. The number of nitrogens with one attached hydrogen (secondary N) is 1. The number of amides is 1. The van der Waals surface area contributed by atoms with E-state index in [1.54, 1.807) is 6.07 Å². The van der Waals surface area contributed by atoms with Gasteiger partial charge in [-0.15, -0.1) is 0 Å². The largest absolute Gasteiger partial charge is 0.508 e. The number of phenols is 1. The molecule has 0 aromatic heterocycles. The first-order valence-electron chi connectivity index (χ1n) is 7.09. The zero-order valence-electron chi connectivity index (χ0n) is 11.6. The predicted octanol–water partition coefficient (Wildman–Crippen LogP) is 2.86. The molecule has 4 heteroatoms. The van der Waals surface area contributed by atoms with E-state index in [0.29, 0.717) is 17.2 Å². The first-order valence-corrected chi connectivity index (χ1v) is 7.09. The number of benzene rings is 2. The quantitative estimate of drug-likeness (QED) is 0.596. The number of hydrogen-bond donors (Lipinski definition) is 3. The van der Waals surface area contributed by atoms with Crippen molar-refractivity contribution in [2.24, 2.45) is 5.92 Å². The fourth-order valence-electron chi connectivity index (χ4n) is 2.52. The number of carbonyl (C=O) groups excluding carboxylic acids is 1. The Balaban J connectivity index is 1.83. The van der Waals surface area contributed by atoms with Crippen molar-refractivity contribution in [1.82, 2.24) is 5.32 Å². The van der Waals surface area contributed by atoms with Gasteiger partial charge in [0.2, 0.25) is 0 Å². The maximum absolute atomic E-state index is 12.4. The summed E-state index contributed by atoms with van der Waals surface area (Å²) in [5, 5.41) is 12.6. The highest BCUT2D eigenvalue weighted by molar-refractivity contribution is 5.99. The summed E-state index contributed by atoms with van der Waals surface area (Å²) >= 11 is 0. The normalized spacial score (nSPS) is 15.4. The number of carbonyl (C=O) groups is 1. The minimum atomic E-state index is -0.246.